The average Bonchev–Trinajstić information content (AvgIpc) is 3.39. The van der Waals surface area contributed by atoms with E-state index in [0.29, 0.717) is 23.1 Å². The van der Waals surface area contributed by atoms with Crippen molar-refractivity contribution in [1.82, 2.24) is 5.32 Å². The van der Waals surface area contributed by atoms with Gasteiger partial charge >= 0.3 is 5.97 Å². The molecule has 0 saturated carbocycles. The van der Waals surface area contributed by atoms with E-state index in [1.165, 1.54) is 23.6 Å². The number of benzene rings is 5. The second-order valence-electron chi connectivity index (χ2n) is 10.1. The minimum absolute atomic E-state index is 0.183. The van der Waals surface area contributed by atoms with Crippen molar-refractivity contribution in [3.8, 4) is 11.1 Å². The van der Waals surface area contributed by atoms with E-state index in [1.807, 2.05) is 25.1 Å². The van der Waals surface area contributed by atoms with E-state index in [0.717, 1.165) is 32.2 Å². The molecule has 6 rings (SSSR count). The van der Waals surface area contributed by atoms with E-state index in [1.54, 1.807) is 47.7 Å². The van der Waals surface area contributed by atoms with Gasteiger partial charge in [0, 0.05) is 21.2 Å². The third kappa shape index (κ3) is 5.34. The highest BCUT2D eigenvalue weighted by atomic mass is 32.1. The molecule has 5 aromatic carbocycles. The highest BCUT2D eigenvalue weighted by Crippen LogP contribution is 2.36. The van der Waals surface area contributed by atoms with Crippen molar-refractivity contribution < 1.29 is 19.1 Å². The fourth-order valence-corrected chi connectivity index (χ4v) is 6.26. The number of carbonyl (C=O) groups is 2. The van der Waals surface area contributed by atoms with Crippen LogP contribution in [0.2, 0.25) is 0 Å². The molecule has 41 heavy (non-hydrogen) atoms. The number of hydrogen-bond donors (Lipinski definition) is 2. The first kappa shape index (κ1) is 26.4. The maximum Gasteiger partial charge on any atom is 0.335 e. The predicted octanol–water partition coefficient (Wildman–Crippen LogP) is 8.64. The summed E-state index contributed by atoms with van der Waals surface area (Å²) in [4.78, 5) is 25.1. The second-order valence-corrected chi connectivity index (χ2v) is 11.0. The van der Waals surface area contributed by atoms with Gasteiger partial charge in [0.2, 0.25) is 0 Å². The Morgan fingerprint density at radius 1 is 0.878 bits per heavy atom. The summed E-state index contributed by atoms with van der Waals surface area (Å²) in [5, 5.41) is 17.6. The van der Waals surface area contributed by atoms with Crippen LogP contribution in [0.5, 0.6) is 0 Å². The molecule has 0 radical (unpaired) electrons. The minimum atomic E-state index is -1.00. The molecule has 1 amide bonds. The summed E-state index contributed by atoms with van der Waals surface area (Å²) in [6, 6.07) is 31.0. The number of carboxylic acids is 1. The van der Waals surface area contributed by atoms with E-state index in [4.69, 9.17) is 0 Å². The van der Waals surface area contributed by atoms with Gasteiger partial charge in [-0.15, -0.1) is 11.3 Å². The fourth-order valence-electron chi connectivity index (χ4n) is 5.23. The summed E-state index contributed by atoms with van der Waals surface area (Å²) in [5.74, 6) is -1.63. The van der Waals surface area contributed by atoms with E-state index >= 15 is 0 Å². The van der Waals surface area contributed by atoms with E-state index in [-0.39, 0.29) is 23.3 Å². The molecule has 2 N–H and O–H groups in total. The average molecular weight is 560 g/mol. The van der Waals surface area contributed by atoms with Crippen molar-refractivity contribution in [1.29, 1.82) is 0 Å². The molecular weight excluding hydrogens is 533 g/mol. The lowest BCUT2D eigenvalue weighted by Gasteiger charge is -2.17. The lowest BCUT2D eigenvalue weighted by molar-refractivity contribution is 0.0696. The Morgan fingerprint density at radius 3 is 2.37 bits per heavy atom. The minimum Gasteiger partial charge on any atom is -0.478 e. The van der Waals surface area contributed by atoms with Crippen LogP contribution >= 0.6 is 11.3 Å². The molecule has 1 aromatic heterocycles. The molecule has 0 saturated heterocycles. The van der Waals surface area contributed by atoms with Crippen molar-refractivity contribution in [2.45, 2.75) is 19.4 Å². The van der Waals surface area contributed by atoms with Gasteiger partial charge in [-0.2, -0.15) is 0 Å². The molecule has 6 heteroatoms. The van der Waals surface area contributed by atoms with Crippen molar-refractivity contribution in [3.63, 3.8) is 0 Å². The summed E-state index contributed by atoms with van der Waals surface area (Å²) in [6.07, 6.45) is 0.649. The maximum atomic E-state index is 14.8. The van der Waals surface area contributed by atoms with Gasteiger partial charge in [0.25, 0.3) is 5.91 Å². The first-order valence-electron chi connectivity index (χ1n) is 13.3. The third-order valence-electron chi connectivity index (χ3n) is 7.39. The molecule has 1 atom stereocenters. The first-order valence-corrected chi connectivity index (χ1v) is 14.2. The van der Waals surface area contributed by atoms with Gasteiger partial charge in [-0.25, -0.2) is 9.18 Å². The van der Waals surface area contributed by atoms with Crippen LogP contribution in [0.25, 0.3) is 32.0 Å². The normalized spacial score (nSPS) is 12.0. The van der Waals surface area contributed by atoms with Crippen LogP contribution in [0.15, 0.2) is 109 Å². The summed E-state index contributed by atoms with van der Waals surface area (Å²) in [7, 11) is 0. The standard InChI is InChI=1S/C35H26FNO3S/c1-21(23-12-14-25(15-13-23)35(39)40)37-34(38)30-18-27(29-8-4-5-9-31(29)36)19-32-33(30)28(20-41-32)17-22-10-11-24-6-2-3-7-26(24)16-22/h2-16,18-21H,17H2,1H3,(H,37,38)(H,39,40)/t21-/m0/s1. The molecule has 0 spiro atoms. The van der Waals surface area contributed by atoms with E-state index in [2.05, 4.69) is 41.0 Å². The Labute approximate surface area is 240 Å². The van der Waals surface area contributed by atoms with Gasteiger partial charge in [-0.3, -0.25) is 4.79 Å². The van der Waals surface area contributed by atoms with Crippen LogP contribution in [0, 0.1) is 5.82 Å². The SMILES string of the molecule is C[C@H](NC(=O)c1cc(-c2ccccc2F)cc2scc(Cc3ccc4ccccc4c3)c12)c1ccc(C(=O)O)cc1. The number of amides is 1. The Balaban J connectivity index is 1.41. The summed E-state index contributed by atoms with van der Waals surface area (Å²) < 4.78 is 15.7. The smallest absolute Gasteiger partial charge is 0.335 e. The number of hydrogen-bond acceptors (Lipinski definition) is 3. The molecule has 202 valence electrons. The summed E-state index contributed by atoms with van der Waals surface area (Å²) in [5.41, 5.74) is 4.69. The number of rotatable bonds is 7. The molecule has 0 unspecified atom stereocenters. The monoisotopic (exact) mass is 559 g/mol. The van der Waals surface area contributed by atoms with Gasteiger partial charge in [-0.1, -0.05) is 72.8 Å². The zero-order chi connectivity index (χ0) is 28.5. The van der Waals surface area contributed by atoms with Crippen molar-refractivity contribution in [2.24, 2.45) is 0 Å². The molecule has 0 fully saturated rings. The molecule has 1 heterocycles. The van der Waals surface area contributed by atoms with Crippen LogP contribution in [0.1, 0.15) is 50.4 Å². The molecular formula is C35H26FNO3S. The third-order valence-corrected chi connectivity index (χ3v) is 8.37. The largest absolute Gasteiger partial charge is 0.478 e. The molecule has 4 nitrogen and oxygen atoms in total. The topological polar surface area (TPSA) is 66.4 Å². The lowest BCUT2D eigenvalue weighted by Crippen LogP contribution is -2.27. The van der Waals surface area contributed by atoms with Gasteiger partial charge in [-0.05, 0) is 82.1 Å². The molecule has 6 aromatic rings. The Kier molecular flexibility index (Phi) is 7.08. The molecule has 0 bridgehead atoms. The number of nitrogens with one attached hydrogen (secondary N) is 1. The second kappa shape index (κ2) is 11.0. The first-order chi connectivity index (χ1) is 19.9. The zero-order valence-corrected chi connectivity index (χ0v) is 23.0. The van der Waals surface area contributed by atoms with Crippen LogP contribution in [0.4, 0.5) is 4.39 Å². The summed E-state index contributed by atoms with van der Waals surface area (Å²) in [6.45, 7) is 1.86. The number of halogens is 1. The van der Waals surface area contributed by atoms with Crippen molar-refractivity contribution in [3.05, 3.63) is 142 Å². The molecule has 0 aliphatic heterocycles. The zero-order valence-electron chi connectivity index (χ0n) is 22.2. The number of aromatic carboxylic acids is 1. The van der Waals surface area contributed by atoms with Gasteiger partial charge < -0.3 is 10.4 Å². The van der Waals surface area contributed by atoms with Crippen molar-refractivity contribution in [2.75, 3.05) is 0 Å². The lowest BCUT2D eigenvalue weighted by atomic mass is 9.95. The van der Waals surface area contributed by atoms with Gasteiger partial charge in [0.05, 0.1) is 11.6 Å². The van der Waals surface area contributed by atoms with Crippen LogP contribution < -0.4 is 5.32 Å². The van der Waals surface area contributed by atoms with Crippen LogP contribution in [-0.4, -0.2) is 17.0 Å². The van der Waals surface area contributed by atoms with Crippen molar-refractivity contribution >= 4 is 44.1 Å². The summed E-state index contributed by atoms with van der Waals surface area (Å²) >= 11 is 1.54. The number of thiophene rings is 1. The molecule has 0 aliphatic rings. The Morgan fingerprint density at radius 2 is 1.61 bits per heavy atom. The fraction of sp³-hybridized carbons (Fsp3) is 0.0857. The van der Waals surface area contributed by atoms with Gasteiger partial charge in [0.1, 0.15) is 5.82 Å². The Hall–Kier alpha value is -4.81. The van der Waals surface area contributed by atoms with E-state index in [9.17, 15) is 19.1 Å². The van der Waals surface area contributed by atoms with Gasteiger partial charge in [0.15, 0.2) is 0 Å². The number of fused-ring (bicyclic) bond motifs is 2. The van der Waals surface area contributed by atoms with Crippen LogP contribution in [0.3, 0.4) is 0 Å². The quantitative estimate of drug-likeness (QED) is 0.206. The maximum absolute atomic E-state index is 14.8. The highest BCUT2D eigenvalue weighted by Gasteiger charge is 2.20. The Bertz CT molecular complexity index is 1930. The molecule has 0 aliphatic carbocycles. The highest BCUT2D eigenvalue weighted by molar-refractivity contribution is 7.17. The van der Waals surface area contributed by atoms with Crippen LogP contribution in [-0.2, 0) is 6.42 Å². The number of carboxylic acid groups (broad SMARTS) is 1. The number of carbonyl (C=O) groups excluding carboxylic acids is 1. The van der Waals surface area contributed by atoms with E-state index < -0.39 is 5.97 Å². The predicted molar refractivity (Wildman–Crippen MR) is 163 cm³/mol.